The van der Waals surface area contributed by atoms with Crippen LogP contribution in [0.15, 0.2) is 12.1 Å². The molecule has 0 radical (unpaired) electrons. The Kier molecular flexibility index (Phi) is 8.91. The molecular formula is C37H53N7O4. The summed E-state index contributed by atoms with van der Waals surface area (Å²) in [5, 5.41) is 9.71. The maximum Gasteiger partial charge on any atom is 0.408 e. The van der Waals surface area contributed by atoms with Crippen LogP contribution in [0.25, 0.3) is 0 Å². The van der Waals surface area contributed by atoms with E-state index in [1.54, 1.807) is 0 Å². The van der Waals surface area contributed by atoms with Gasteiger partial charge in [0, 0.05) is 43.4 Å². The number of hydrogen-bond donors (Lipinski definition) is 3. The molecule has 2 aromatic rings. The van der Waals surface area contributed by atoms with Crippen LogP contribution in [0.1, 0.15) is 107 Å². The van der Waals surface area contributed by atoms with Crippen LogP contribution in [-0.2, 0) is 20.7 Å². The van der Waals surface area contributed by atoms with Gasteiger partial charge in [-0.25, -0.2) is 24.5 Å². The van der Waals surface area contributed by atoms with Crippen molar-refractivity contribution < 1.29 is 19.1 Å². The first kappa shape index (κ1) is 32.9. The lowest BCUT2D eigenvalue weighted by atomic mass is 9.54. The SMILES string of the molecule is Cc1nc(NC[C@H](NC(=O)OC23CC4CC(CC(C4)C2)C3)C(=O)OC(C)(C)C)c(C)c(N2CCC(c3ccc4c(n3)NCCC4)CC2)n1. The van der Waals surface area contributed by atoms with Gasteiger partial charge in [0.15, 0.2) is 0 Å². The van der Waals surface area contributed by atoms with Crippen molar-refractivity contribution in [3.05, 3.63) is 34.8 Å². The average Bonchev–Trinajstić information content (AvgIpc) is 3.02. The van der Waals surface area contributed by atoms with Crippen LogP contribution >= 0.6 is 0 Å². The second-order valence-electron chi connectivity index (χ2n) is 16.2. The van der Waals surface area contributed by atoms with Crippen LogP contribution in [0, 0.1) is 31.6 Å². The monoisotopic (exact) mass is 659 g/mol. The van der Waals surface area contributed by atoms with E-state index in [2.05, 4.69) is 33.0 Å². The maximum absolute atomic E-state index is 13.4. The van der Waals surface area contributed by atoms with Crippen molar-refractivity contribution >= 4 is 29.5 Å². The smallest absolute Gasteiger partial charge is 0.408 e. The number of piperidine rings is 1. The Morgan fingerprint density at radius 2 is 1.71 bits per heavy atom. The summed E-state index contributed by atoms with van der Waals surface area (Å²) in [5.74, 6) is 5.09. The second-order valence-corrected chi connectivity index (χ2v) is 16.2. The fraction of sp³-hybridized carbons (Fsp3) is 0.703. The van der Waals surface area contributed by atoms with Crippen LogP contribution < -0.4 is 20.9 Å². The molecule has 260 valence electrons. The maximum atomic E-state index is 13.4. The molecule has 4 saturated carbocycles. The Labute approximate surface area is 284 Å². The number of alkyl carbamates (subject to hydrolysis) is 1. The van der Waals surface area contributed by atoms with E-state index in [0.717, 1.165) is 81.8 Å². The summed E-state index contributed by atoms with van der Waals surface area (Å²) in [6.45, 7) is 12.2. The largest absolute Gasteiger partial charge is 0.458 e. The minimum absolute atomic E-state index is 0.113. The highest BCUT2D eigenvalue weighted by Gasteiger charge is 2.53. The molecule has 0 unspecified atom stereocenters. The van der Waals surface area contributed by atoms with Gasteiger partial charge in [-0.15, -0.1) is 0 Å². The molecule has 0 aromatic carbocycles. The quantitative estimate of drug-likeness (QED) is 0.288. The summed E-state index contributed by atoms with van der Waals surface area (Å²) in [6.07, 6.45) is 10.3. The second kappa shape index (κ2) is 13.0. The molecule has 6 aliphatic rings. The predicted octanol–water partition coefficient (Wildman–Crippen LogP) is 6.05. The number of pyridine rings is 1. The van der Waals surface area contributed by atoms with Crippen LogP contribution in [0.5, 0.6) is 0 Å². The summed E-state index contributed by atoms with van der Waals surface area (Å²) < 4.78 is 11.9. The van der Waals surface area contributed by atoms with E-state index in [1.807, 2.05) is 34.6 Å². The third-order valence-corrected chi connectivity index (χ3v) is 11.1. The first-order chi connectivity index (χ1) is 22.9. The van der Waals surface area contributed by atoms with Gasteiger partial charge in [0.1, 0.15) is 40.5 Å². The van der Waals surface area contributed by atoms with Gasteiger partial charge in [0.25, 0.3) is 0 Å². The zero-order valence-corrected chi connectivity index (χ0v) is 29.4. The van der Waals surface area contributed by atoms with Crippen molar-refractivity contribution in [1.29, 1.82) is 0 Å². The number of ether oxygens (including phenoxy) is 2. The van der Waals surface area contributed by atoms with Gasteiger partial charge < -0.3 is 30.3 Å². The normalized spacial score (nSPS) is 27.1. The topological polar surface area (TPSA) is 131 Å². The standard InChI is InChI=1S/C37H53N7O4/c1-22-31(40-23(2)41-33(22)44-13-10-27(11-14-44)29-9-8-28-7-6-12-38-32(28)42-29)39-21-30(34(45)47-36(3,4)5)43-35(46)48-37-18-24-15-25(19-37)17-26(16-24)20-37/h8-9,24-27,30H,6-7,10-21H2,1-5H3,(H,38,42)(H,43,46)(H,39,40,41)/t24?,25?,26?,30-,37?/m0/s1. The van der Waals surface area contributed by atoms with Crippen molar-refractivity contribution in [1.82, 2.24) is 20.3 Å². The van der Waals surface area contributed by atoms with E-state index in [1.165, 1.54) is 30.5 Å². The molecule has 2 aliphatic heterocycles. The number of nitrogens with one attached hydrogen (secondary N) is 3. The Morgan fingerprint density at radius 1 is 1.02 bits per heavy atom. The van der Waals surface area contributed by atoms with E-state index in [-0.39, 0.29) is 6.54 Å². The number of anilines is 3. The molecule has 11 nitrogen and oxygen atoms in total. The van der Waals surface area contributed by atoms with Crippen molar-refractivity contribution in [2.24, 2.45) is 17.8 Å². The van der Waals surface area contributed by atoms with E-state index in [4.69, 9.17) is 24.4 Å². The minimum Gasteiger partial charge on any atom is -0.458 e. The van der Waals surface area contributed by atoms with Crippen LogP contribution in [-0.4, -0.2) is 70.4 Å². The molecule has 4 heterocycles. The van der Waals surface area contributed by atoms with E-state index >= 15 is 0 Å². The van der Waals surface area contributed by atoms with Gasteiger partial charge in [0.05, 0.1) is 0 Å². The van der Waals surface area contributed by atoms with Crippen molar-refractivity contribution in [2.45, 2.75) is 122 Å². The Hall–Kier alpha value is -3.63. The lowest BCUT2D eigenvalue weighted by Crippen LogP contribution is -2.55. The highest BCUT2D eigenvalue weighted by atomic mass is 16.6. The third-order valence-electron chi connectivity index (χ3n) is 11.1. The Bertz CT molecular complexity index is 1500. The lowest BCUT2D eigenvalue weighted by Gasteiger charge is -2.55. The molecule has 1 amide bonds. The summed E-state index contributed by atoms with van der Waals surface area (Å²) in [6, 6.07) is 3.51. The number of carbonyl (C=O) groups excluding carboxylic acids is 2. The lowest BCUT2D eigenvalue weighted by molar-refractivity contribution is -0.158. The Balaban J connectivity index is 1.01. The molecule has 1 atom stereocenters. The van der Waals surface area contributed by atoms with Crippen LogP contribution in [0.3, 0.4) is 0 Å². The zero-order chi connectivity index (χ0) is 33.6. The number of nitrogens with zero attached hydrogens (tertiary/aromatic N) is 4. The van der Waals surface area contributed by atoms with Gasteiger partial charge in [-0.1, -0.05) is 6.07 Å². The van der Waals surface area contributed by atoms with E-state index in [0.29, 0.717) is 35.3 Å². The van der Waals surface area contributed by atoms with Gasteiger partial charge in [-0.2, -0.15) is 0 Å². The summed E-state index contributed by atoms with van der Waals surface area (Å²) in [5.41, 5.74) is 2.29. The first-order valence-corrected chi connectivity index (χ1v) is 18.2. The molecular weight excluding hydrogens is 606 g/mol. The zero-order valence-electron chi connectivity index (χ0n) is 29.4. The molecule has 5 fully saturated rings. The number of aromatic nitrogens is 3. The summed E-state index contributed by atoms with van der Waals surface area (Å²) in [7, 11) is 0. The fourth-order valence-corrected chi connectivity index (χ4v) is 9.34. The fourth-order valence-electron chi connectivity index (χ4n) is 9.34. The predicted molar refractivity (Wildman–Crippen MR) is 185 cm³/mol. The number of esters is 1. The molecule has 2 aromatic heterocycles. The number of hydrogen-bond acceptors (Lipinski definition) is 10. The molecule has 11 heteroatoms. The highest BCUT2D eigenvalue weighted by Crippen LogP contribution is 2.57. The number of carbonyl (C=O) groups is 2. The number of amides is 1. The highest BCUT2D eigenvalue weighted by molar-refractivity contribution is 5.82. The summed E-state index contributed by atoms with van der Waals surface area (Å²) in [4.78, 5) is 43.6. The number of rotatable bonds is 8. The number of aryl methyl sites for hydroxylation is 2. The van der Waals surface area contributed by atoms with Gasteiger partial charge in [-0.05, 0) is 128 Å². The molecule has 1 saturated heterocycles. The van der Waals surface area contributed by atoms with E-state index < -0.39 is 29.3 Å². The summed E-state index contributed by atoms with van der Waals surface area (Å²) >= 11 is 0. The molecule has 48 heavy (non-hydrogen) atoms. The molecule has 3 N–H and O–H groups in total. The van der Waals surface area contributed by atoms with Gasteiger partial charge in [0.2, 0.25) is 0 Å². The van der Waals surface area contributed by atoms with Crippen LogP contribution in [0.2, 0.25) is 0 Å². The minimum atomic E-state index is -0.946. The first-order valence-electron chi connectivity index (χ1n) is 18.2. The average molecular weight is 660 g/mol. The molecule has 4 bridgehead atoms. The van der Waals surface area contributed by atoms with Crippen LogP contribution in [0.4, 0.5) is 22.2 Å². The van der Waals surface area contributed by atoms with Crippen molar-refractivity contribution in [3.8, 4) is 0 Å². The Morgan fingerprint density at radius 3 is 2.38 bits per heavy atom. The molecule has 4 aliphatic carbocycles. The number of fused-ring (bicyclic) bond motifs is 1. The van der Waals surface area contributed by atoms with Crippen molar-refractivity contribution in [2.75, 3.05) is 41.7 Å². The van der Waals surface area contributed by atoms with E-state index in [9.17, 15) is 9.59 Å². The van der Waals surface area contributed by atoms with Gasteiger partial charge >= 0.3 is 12.1 Å². The third kappa shape index (κ3) is 7.20. The van der Waals surface area contributed by atoms with Gasteiger partial charge in [-0.3, -0.25) is 0 Å². The molecule has 8 rings (SSSR count). The van der Waals surface area contributed by atoms with Crippen molar-refractivity contribution in [3.63, 3.8) is 0 Å². The molecule has 0 spiro atoms.